The van der Waals surface area contributed by atoms with Gasteiger partial charge in [0.2, 0.25) is 0 Å². The van der Waals surface area contributed by atoms with Crippen LogP contribution in [0.15, 0.2) is 104 Å². The van der Waals surface area contributed by atoms with Crippen molar-refractivity contribution in [3.8, 4) is 28.3 Å². The molecule has 3 aromatic heterocycles. The highest BCUT2D eigenvalue weighted by Gasteiger charge is 2.55. The van der Waals surface area contributed by atoms with E-state index in [9.17, 15) is 9.59 Å². The summed E-state index contributed by atoms with van der Waals surface area (Å²) in [6, 6.07) is 28.7. The van der Waals surface area contributed by atoms with Gasteiger partial charge in [0.05, 0.1) is 91.3 Å². The van der Waals surface area contributed by atoms with E-state index in [2.05, 4.69) is 151 Å². The normalized spacial score (nSPS) is 17.8. The molecule has 0 aliphatic carbocycles. The van der Waals surface area contributed by atoms with E-state index < -0.39 is 36.6 Å². The predicted molar refractivity (Wildman–Crippen MR) is 355 cm³/mol. The number of hydrogen-bond donors (Lipinski definition) is 0. The summed E-state index contributed by atoms with van der Waals surface area (Å²) in [4.78, 5) is 44.5. The smallest absolute Gasteiger partial charge is 0.494 e. The first-order valence-corrected chi connectivity index (χ1v) is 33.8. The van der Waals surface area contributed by atoms with Gasteiger partial charge < -0.3 is 33.2 Å². The first-order valence-electron chi connectivity index (χ1n) is 30.6. The number of benzene rings is 3. The van der Waals surface area contributed by atoms with E-state index in [-0.39, 0.29) is 11.8 Å². The number of carbonyl (C=O) groups is 2. The van der Waals surface area contributed by atoms with Gasteiger partial charge in [-0.1, -0.05) is 139 Å². The van der Waals surface area contributed by atoms with Crippen molar-refractivity contribution in [3.63, 3.8) is 0 Å². The number of hydrogen-bond acceptors (Lipinski definition) is 11. The largest absolute Gasteiger partial charge is 0.497 e. The molecule has 6 aromatic rings. The average Bonchev–Trinajstić information content (AvgIpc) is 2.50. The molecule has 17 heteroatoms. The van der Waals surface area contributed by atoms with Gasteiger partial charge in [0.25, 0.3) is 11.8 Å². The Labute approximate surface area is 525 Å². The molecule has 2 amide bonds. The molecule has 0 atom stereocenters. The minimum absolute atomic E-state index is 0.0325. The maximum atomic E-state index is 13.9. The zero-order valence-corrected chi connectivity index (χ0v) is 56.3. The fourth-order valence-corrected chi connectivity index (χ4v) is 14.0. The van der Waals surface area contributed by atoms with Crippen molar-refractivity contribution in [2.24, 2.45) is 0 Å². The molecule has 0 spiro atoms. The summed E-state index contributed by atoms with van der Waals surface area (Å²) < 4.78 is 34.7. The van der Waals surface area contributed by atoms with Crippen LogP contribution in [0.25, 0.3) is 44.9 Å². The molecule has 3 aromatic carbocycles. The summed E-state index contributed by atoms with van der Waals surface area (Å²) in [7, 11) is -1.26. The molecule has 446 valence electrons. The molecule has 0 bridgehead atoms. The zero-order chi connectivity index (χ0) is 60.1. The summed E-state index contributed by atoms with van der Waals surface area (Å²) >= 11 is 10.3. The summed E-state index contributed by atoms with van der Waals surface area (Å²) in [5.41, 5.74) is 8.31. The van der Waals surface area contributed by atoms with E-state index in [1.165, 1.54) is 32.1 Å². The Morgan fingerprint density at radius 1 is 0.512 bits per heavy atom. The van der Waals surface area contributed by atoms with E-state index in [4.69, 9.17) is 33.3 Å². The minimum atomic E-state index is -0.631. The fourth-order valence-electron chi connectivity index (χ4n) is 11.1. The topological polar surface area (TPSA) is 113 Å². The van der Waals surface area contributed by atoms with Crippen molar-refractivity contribution < 1.29 is 32.9 Å². The summed E-state index contributed by atoms with van der Waals surface area (Å²) in [5, 5.41) is 0. The van der Waals surface area contributed by atoms with Crippen LogP contribution in [0.5, 0.6) is 5.75 Å². The first kappa shape index (κ1) is 64.0. The number of ether oxygens (including phenoxy) is 1. The first-order chi connectivity index (χ1) is 40.1. The van der Waals surface area contributed by atoms with Crippen LogP contribution < -0.4 is 15.7 Å². The summed E-state index contributed by atoms with van der Waals surface area (Å²) in [5.74, 6) is 0.759. The molecule has 84 heavy (non-hydrogen) atoms. The molecule has 7 heterocycles. The van der Waals surface area contributed by atoms with Gasteiger partial charge in [0.15, 0.2) is 0 Å². The van der Waals surface area contributed by atoms with E-state index in [0.717, 1.165) is 131 Å². The van der Waals surface area contributed by atoms with Gasteiger partial charge in [0.1, 0.15) is 5.75 Å². The van der Waals surface area contributed by atoms with Crippen molar-refractivity contribution in [2.75, 3.05) is 19.7 Å². The SMILES string of the molecule is CCCCCCCCOc1cccc(-c2nc3c(B4OC(C)(C)C(C)(C)O4)ccc(B4OC(C)(C)C(C)(C)O4)c3nc2-c2cccc(C)c2)c1.CCCCCCN1C(=O)C2=C(c3ccc(Br)s3)N(CCCCCC)C(=O)C2=C1c1ccc(Br)s1. The number of halogens is 2. The number of thiophene rings is 2. The van der Waals surface area contributed by atoms with Crippen LogP contribution in [-0.4, -0.2) is 87.9 Å². The van der Waals surface area contributed by atoms with Gasteiger partial charge in [-0.05, 0) is 156 Å². The minimum Gasteiger partial charge on any atom is -0.494 e. The maximum Gasteiger partial charge on any atom is 0.497 e. The lowest BCUT2D eigenvalue weighted by Crippen LogP contribution is -2.41. The van der Waals surface area contributed by atoms with Crippen molar-refractivity contribution in [2.45, 2.75) is 195 Å². The third-order valence-corrected chi connectivity index (χ3v) is 20.6. The number of fused-ring (bicyclic) bond motifs is 2. The van der Waals surface area contributed by atoms with Crippen LogP contribution in [0.2, 0.25) is 0 Å². The molecule has 4 aliphatic heterocycles. The Balaban J connectivity index is 0.000000217. The average molecular weight is 1300 g/mol. The second-order valence-corrected chi connectivity index (χ2v) is 29.7. The maximum absolute atomic E-state index is 13.9. The second kappa shape index (κ2) is 27.3. The lowest BCUT2D eigenvalue weighted by Gasteiger charge is -2.32. The van der Waals surface area contributed by atoms with Crippen molar-refractivity contribution in [3.05, 3.63) is 119 Å². The molecule has 0 saturated carbocycles. The highest BCUT2D eigenvalue weighted by molar-refractivity contribution is 9.11. The van der Waals surface area contributed by atoms with E-state index >= 15 is 0 Å². The lowest BCUT2D eigenvalue weighted by atomic mass is 9.72. The highest BCUT2D eigenvalue weighted by Crippen LogP contribution is 2.50. The summed E-state index contributed by atoms with van der Waals surface area (Å²) in [6.07, 6.45) is 15.9. The third-order valence-electron chi connectivity index (χ3n) is 17.3. The number of aromatic nitrogens is 2. The zero-order valence-electron chi connectivity index (χ0n) is 51.5. The van der Waals surface area contributed by atoms with E-state index in [1.54, 1.807) is 22.7 Å². The molecular weight excluding hydrogens is 1220 g/mol. The molecule has 2 saturated heterocycles. The third kappa shape index (κ3) is 13.8. The van der Waals surface area contributed by atoms with Gasteiger partial charge in [-0.3, -0.25) is 9.59 Å². The number of amides is 2. The Hall–Kier alpha value is -4.45. The number of carbonyl (C=O) groups excluding carboxylic acids is 2. The number of unbranched alkanes of at least 4 members (excludes halogenated alkanes) is 11. The van der Waals surface area contributed by atoms with Crippen LogP contribution in [-0.2, 0) is 28.2 Å². The van der Waals surface area contributed by atoms with Crippen LogP contribution in [0.1, 0.15) is 181 Å². The Kier molecular flexibility index (Phi) is 20.8. The van der Waals surface area contributed by atoms with Crippen LogP contribution in [0.3, 0.4) is 0 Å². The summed E-state index contributed by atoms with van der Waals surface area (Å²) in [6.45, 7) is 27.2. The van der Waals surface area contributed by atoms with Crippen LogP contribution in [0, 0.1) is 6.92 Å². The Morgan fingerprint density at radius 2 is 0.917 bits per heavy atom. The van der Waals surface area contributed by atoms with Crippen molar-refractivity contribution in [1.29, 1.82) is 0 Å². The van der Waals surface area contributed by atoms with E-state index in [1.807, 2.05) is 58.3 Å². The van der Waals surface area contributed by atoms with E-state index in [0.29, 0.717) is 41.9 Å². The second-order valence-electron chi connectivity index (χ2n) is 24.7. The standard InChI is InChI=1S/C41H54B2N2O5.C26H30Br2N2O2S2/c1-11-12-13-14-15-16-25-46-31-22-18-21-30(27-31)35-34(29-20-17-19-28(2)26-29)44-36-32(42-47-38(3,4)39(5,6)48-42)23-24-33(37(36)45-35)43-49-40(7,8)41(9,10)50-43;1-3-5-7-9-15-29-23(17-11-13-19(27)33-17)21-22(25(29)31)24(18-12-14-20(28)34-18)30(26(21)32)16-10-8-6-4-2/h17-24,26-27H,11-16,25H2,1-10H3;11-14H,3-10,15-16H2,1-2H3. The fraction of sp³-hybridized carbons (Fsp3) is 0.493. The van der Waals surface area contributed by atoms with Crippen molar-refractivity contribution >= 4 is 114 Å². The lowest BCUT2D eigenvalue weighted by molar-refractivity contribution is -0.124. The van der Waals surface area contributed by atoms with Gasteiger partial charge in [-0.25, -0.2) is 9.97 Å². The molecule has 10 rings (SSSR count). The molecule has 11 nitrogen and oxygen atoms in total. The molecule has 2 fully saturated rings. The predicted octanol–water partition coefficient (Wildman–Crippen LogP) is 16.9. The highest BCUT2D eigenvalue weighted by atomic mass is 79.9. The molecule has 0 unspecified atom stereocenters. The van der Waals surface area contributed by atoms with Gasteiger partial charge in [-0.2, -0.15) is 0 Å². The number of nitrogens with zero attached hydrogens (tertiary/aromatic N) is 4. The Morgan fingerprint density at radius 3 is 1.33 bits per heavy atom. The number of aryl methyl sites for hydroxylation is 1. The molecular formula is C67H84B2Br2N4O7S2. The van der Waals surface area contributed by atoms with Crippen LogP contribution >= 0.6 is 54.5 Å². The molecule has 0 radical (unpaired) electrons. The van der Waals surface area contributed by atoms with Gasteiger partial charge >= 0.3 is 14.2 Å². The molecule has 4 aliphatic rings. The quantitative estimate of drug-likeness (QED) is 0.0432. The van der Waals surface area contributed by atoms with Gasteiger partial charge in [-0.15, -0.1) is 22.7 Å². The number of rotatable bonds is 24. The molecule has 0 N–H and O–H groups in total. The van der Waals surface area contributed by atoms with Crippen LogP contribution in [0.4, 0.5) is 0 Å². The monoisotopic (exact) mass is 1300 g/mol. The Bertz CT molecular complexity index is 3290. The van der Waals surface area contributed by atoms with Gasteiger partial charge in [0, 0.05) is 35.1 Å². The van der Waals surface area contributed by atoms with Crippen molar-refractivity contribution in [1.82, 2.24) is 19.8 Å².